The van der Waals surface area contributed by atoms with Crippen molar-refractivity contribution < 1.29 is 17.3 Å². The van der Waals surface area contributed by atoms with Gasteiger partial charge in [0.2, 0.25) is 5.96 Å². The van der Waals surface area contributed by atoms with E-state index in [4.69, 9.17) is 11.5 Å². The molecule has 0 fully saturated rings. The predicted octanol–water partition coefficient (Wildman–Crippen LogP) is -2.79. The van der Waals surface area contributed by atoms with Gasteiger partial charge in [-0.15, -0.1) is 5.10 Å². The van der Waals surface area contributed by atoms with Gasteiger partial charge in [-0.3, -0.25) is 10.1 Å². The molecule has 0 heterocycles. The average molecular weight is 243 g/mol. The zero-order valence-electron chi connectivity index (χ0n) is 8.08. The van der Waals surface area contributed by atoms with Crippen molar-refractivity contribution in [1.29, 1.82) is 0 Å². The SMILES string of the molecule is NC(N)=N/N=C/c1ccc([N+](=O)[O-])cc1.[Cl-]. The van der Waals surface area contributed by atoms with E-state index >= 15 is 0 Å². The fourth-order valence-electron chi connectivity index (χ4n) is 0.844. The number of halogens is 1. The fraction of sp³-hybridized carbons (Fsp3) is 0. The summed E-state index contributed by atoms with van der Waals surface area (Å²) in [5, 5.41) is 17.3. The van der Waals surface area contributed by atoms with Crippen LogP contribution in [-0.4, -0.2) is 17.1 Å². The molecule has 1 aromatic rings. The maximum Gasteiger partial charge on any atom is 0.269 e. The minimum absolute atomic E-state index is 0. The quantitative estimate of drug-likeness (QED) is 0.258. The van der Waals surface area contributed by atoms with E-state index in [1.807, 2.05) is 0 Å². The van der Waals surface area contributed by atoms with Gasteiger partial charge >= 0.3 is 0 Å². The molecule has 0 unspecified atom stereocenters. The standard InChI is InChI=1S/C8H9N5O2.ClH/c9-8(10)12-11-5-6-1-3-7(4-2-6)13(14)15;/h1-5H,(H4,9,10,12);1H/p-1/b11-5+;. The summed E-state index contributed by atoms with van der Waals surface area (Å²) in [7, 11) is 0. The molecular weight excluding hydrogens is 234 g/mol. The molecule has 0 aliphatic carbocycles. The monoisotopic (exact) mass is 242 g/mol. The number of nitro groups is 1. The van der Waals surface area contributed by atoms with Crippen molar-refractivity contribution in [3.63, 3.8) is 0 Å². The lowest BCUT2D eigenvalue weighted by Gasteiger charge is -1.91. The minimum atomic E-state index is -0.475. The summed E-state index contributed by atoms with van der Waals surface area (Å²) in [6.07, 6.45) is 1.39. The van der Waals surface area contributed by atoms with E-state index in [2.05, 4.69) is 10.2 Å². The van der Waals surface area contributed by atoms with E-state index in [1.165, 1.54) is 18.3 Å². The van der Waals surface area contributed by atoms with Crippen molar-refractivity contribution in [3.05, 3.63) is 39.9 Å². The fourth-order valence-corrected chi connectivity index (χ4v) is 0.844. The Labute approximate surface area is 97.4 Å². The van der Waals surface area contributed by atoms with Crippen molar-refractivity contribution in [2.45, 2.75) is 0 Å². The first-order chi connectivity index (χ1) is 7.09. The molecule has 0 aromatic heterocycles. The molecule has 0 bridgehead atoms. The lowest BCUT2D eigenvalue weighted by atomic mass is 10.2. The van der Waals surface area contributed by atoms with Gasteiger partial charge in [-0.2, -0.15) is 5.10 Å². The van der Waals surface area contributed by atoms with Crippen molar-refractivity contribution in [3.8, 4) is 0 Å². The van der Waals surface area contributed by atoms with Crippen molar-refractivity contribution in [2.75, 3.05) is 0 Å². The third-order valence-corrected chi connectivity index (χ3v) is 1.48. The highest BCUT2D eigenvalue weighted by Gasteiger charge is 2.02. The number of hydrogen-bond acceptors (Lipinski definition) is 4. The Morgan fingerprint density at radius 1 is 1.31 bits per heavy atom. The molecule has 1 aromatic carbocycles. The first-order valence-corrected chi connectivity index (χ1v) is 3.96. The Balaban J connectivity index is 0.00000225. The van der Waals surface area contributed by atoms with Crippen molar-refractivity contribution in [2.24, 2.45) is 21.7 Å². The first-order valence-electron chi connectivity index (χ1n) is 3.96. The Morgan fingerprint density at radius 2 is 1.88 bits per heavy atom. The number of nitro benzene ring substituents is 1. The lowest BCUT2D eigenvalue weighted by molar-refractivity contribution is -0.384. The average Bonchev–Trinajstić information content (AvgIpc) is 2.18. The van der Waals surface area contributed by atoms with Crippen LogP contribution in [0.1, 0.15) is 5.56 Å². The van der Waals surface area contributed by atoms with E-state index in [0.29, 0.717) is 5.56 Å². The summed E-state index contributed by atoms with van der Waals surface area (Å²) >= 11 is 0. The van der Waals surface area contributed by atoms with E-state index in [1.54, 1.807) is 12.1 Å². The molecule has 0 atom stereocenters. The number of non-ortho nitro benzene ring substituents is 1. The molecule has 0 amide bonds. The van der Waals surface area contributed by atoms with Crippen LogP contribution in [-0.2, 0) is 0 Å². The van der Waals surface area contributed by atoms with Crippen LogP contribution in [0.15, 0.2) is 34.5 Å². The smallest absolute Gasteiger partial charge is 0.269 e. The molecule has 0 aliphatic rings. The molecule has 7 nitrogen and oxygen atoms in total. The van der Waals surface area contributed by atoms with Crippen LogP contribution in [0.3, 0.4) is 0 Å². The van der Waals surface area contributed by atoms with Gasteiger partial charge in [0.25, 0.3) is 5.69 Å². The number of hydrogen-bond donors (Lipinski definition) is 2. The second kappa shape index (κ2) is 6.36. The molecule has 0 saturated heterocycles. The molecule has 4 N–H and O–H groups in total. The third kappa shape index (κ3) is 4.38. The number of rotatable bonds is 3. The van der Waals surface area contributed by atoms with Crippen LogP contribution in [0.5, 0.6) is 0 Å². The van der Waals surface area contributed by atoms with E-state index in [0.717, 1.165) is 0 Å². The number of nitrogens with two attached hydrogens (primary N) is 2. The summed E-state index contributed by atoms with van der Waals surface area (Å²) < 4.78 is 0. The van der Waals surface area contributed by atoms with Gasteiger partial charge in [-0.05, 0) is 17.7 Å². The van der Waals surface area contributed by atoms with E-state index < -0.39 is 4.92 Å². The van der Waals surface area contributed by atoms with E-state index in [9.17, 15) is 10.1 Å². The number of benzene rings is 1. The lowest BCUT2D eigenvalue weighted by Crippen LogP contribution is -3.00. The van der Waals surface area contributed by atoms with Crippen LogP contribution in [0.4, 0.5) is 5.69 Å². The Bertz CT molecular complexity index is 411. The summed E-state index contributed by atoms with van der Waals surface area (Å²) in [5.41, 5.74) is 10.8. The van der Waals surface area contributed by atoms with Gasteiger partial charge in [-0.25, -0.2) is 0 Å². The summed E-state index contributed by atoms with van der Waals surface area (Å²) in [6.45, 7) is 0. The second-order valence-corrected chi connectivity index (χ2v) is 2.62. The van der Waals surface area contributed by atoms with Crippen molar-refractivity contribution in [1.82, 2.24) is 0 Å². The zero-order chi connectivity index (χ0) is 11.3. The Morgan fingerprint density at radius 3 is 2.31 bits per heavy atom. The molecule has 0 spiro atoms. The largest absolute Gasteiger partial charge is 1.00 e. The van der Waals surface area contributed by atoms with E-state index in [-0.39, 0.29) is 24.1 Å². The Kier molecular flexibility index (Phi) is 5.50. The highest BCUT2D eigenvalue weighted by Crippen LogP contribution is 2.10. The van der Waals surface area contributed by atoms with Gasteiger partial charge in [0.1, 0.15) is 0 Å². The molecule has 0 radical (unpaired) electrons. The van der Waals surface area contributed by atoms with Crippen molar-refractivity contribution >= 4 is 17.9 Å². The third-order valence-electron chi connectivity index (χ3n) is 1.48. The van der Waals surface area contributed by atoms with Gasteiger partial charge in [0.15, 0.2) is 0 Å². The van der Waals surface area contributed by atoms with Crippen LogP contribution < -0.4 is 23.9 Å². The van der Waals surface area contributed by atoms with Crippen LogP contribution in [0.2, 0.25) is 0 Å². The predicted molar refractivity (Wildman–Crippen MR) is 56.5 cm³/mol. The molecular formula is C8H9ClN5O2-. The molecule has 0 saturated carbocycles. The van der Waals surface area contributed by atoms with Gasteiger partial charge < -0.3 is 23.9 Å². The van der Waals surface area contributed by atoms with Gasteiger partial charge in [-0.1, -0.05) is 0 Å². The number of guanidine groups is 1. The molecule has 8 heteroatoms. The van der Waals surface area contributed by atoms with Gasteiger partial charge in [0, 0.05) is 12.1 Å². The highest BCUT2D eigenvalue weighted by molar-refractivity contribution is 5.81. The first kappa shape index (κ1) is 13.8. The Hall–Kier alpha value is -2.15. The molecule has 1 rings (SSSR count). The second-order valence-electron chi connectivity index (χ2n) is 2.62. The minimum Gasteiger partial charge on any atom is -1.00 e. The molecule has 16 heavy (non-hydrogen) atoms. The maximum atomic E-state index is 10.3. The zero-order valence-corrected chi connectivity index (χ0v) is 8.83. The normalized spacial score (nSPS) is 9.50. The highest BCUT2D eigenvalue weighted by atomic mass is 35.5. The van der Waals surface area contributed by atoms with Crippen LogP contribution in [0, 0.1) is 10.1 Å². The van der Waals surface area contributed by atoms with Crippen LogP contribution in [0.25, 0.3) is 0 Å². The summed E-state index contributed by atoms with van der Waals surface area (Å²) in [5.74, 6) is -0.145. The van der Waals surface area contributed by atoms with Gasteiger partial charge in [0.05, 0.1) is 11.1 Å². The summed E-state index contributed by atoms with van der Waals surface area (Å²) in [6, 6.07) is 5.83. The topological polar surface area (TPSA) is 120 Å². The molecule has 0 aliphatic heterocycles. The molecule has 86 valence electrons. The number of nitrogens with zero attached hydrogens (tertiary/aromatic N) is 3. The maximum absolute atomic E-state index is 10.3. The van der Waals surface area contributed by atoms with Crippen LogP contribution >= 0.6 is 0 Å². The summed E-state index contributed by atoms with van der Waals surface area (Å²) in [4.78, 5) is 9.86.